The van der Waals surface area contributed by atoms with Crippen molar-refractivity contribution in [3.63, 3.8) is 0 Å². The molecule has 0 spiro atoms. The molecule has 0 bridgehead atoms. The maximum absolute atomic E-state index is 9.59. The fourth-order valence-electron chi connectivity index (χ4n) is 1.36. The third-order valence-corrected chi connectivity index (χ3v) is 2.49. The highest BCUT2D eigenvalue weighted by atomic mass is 35.5. The second-order valence-corrected chi connectivity index (χ2v) is 3.78. The van der Waals surface area contributed by atoms with Crippen LogP contribution in [-0.4, -0.2) is 15.3 Å². The van der Waals surface area contributed by atoms with Crippen LogP contribution in [0.5, 0.6) is 5.75 Å². The average Bonchev–Trinajstić information content (AvgIpc) is 2.27. The lowest BCUT2D eigenvalue weighted by Crippen LogP contribution is -1.99. The molecule has 0 aliphatic carbocycles. The summed E-state index contributed by atoms with van der Waals surface area (Å²) in [6.07, 6.45) is 0.472. The number of para-hydroxylation sites is 1. The number of aromatic hydroxyl groups is 1. The van der Waals surface area contributed by atoms with Gasteiger partial charge in [0.1, 0.15) is 5.75 Å². The van der Waals surface area contributed by atoms with Crippen LogP contribution in [0.15, 0.2) is 30.3 Å². The minimum atomic E-state index is 0.211. The van der Waals surface area contributed by atoms with Crippen LogP contribution < -0.4 is 5.73 Å². The number of halogens is 1. The largest absolute Gasteiger partial charge is 0.508 e. The van der Waals surface area contributed by atoms with Crippen molar-refractivity contribution in [2.75, 3.05) is 5.73 Å². The van der Waals surface area contributed by atoms with Gasteiger partial charge < -0.3 is 10.8 Å². The van der Waals surface area contributed by atoms with Gasteiger partial charge in [-0.3, -0.25) is 0 Å². The summed E-state index contributed by atoms with van der Waals surface area (Å²) in [5, 5.41) is 17.6. The Morgan fingerprint density at radius 3 is 2.69 bits per heavy atom. The van der Waals surface area contributed by atoms with E-state index in [-0.39, 0.29) is 11.6 Å². The van der Waals surface area contributed by atoms with Crippen LogP contribution in [0.25, 0.3) is 0 Å². The summed E-state index contributed by atoms with van der Waals surface area (Å²) in [4.78, 5) is 0. The lowest BCUT2D eigenvalue weighted by molar-refractivity contribution is 0.469. The number of hydrogen-bond acceptors (Lipinski definition) is 4. The molecule has 2 aromatic rings. The molecule has 0 radical (unpaired) electrons. The quantitative estimate of drug-likeness (QED) is 0.835. The van der Waals surface area contributed by atoms with E-state index in [0.717, 1.165) is 5.56 Å². The second kappa shape index (κ2) is 4.37. The van der Waals surface area contributed by atoms with E-state index in [1.165, 1.54) is 0 Å². The maximum Gasteiger partial charge on any atom is 0.164 e. The highest BCUT2D eigenvalue weighted by Gasteiger charge is 2.05. The molecule has 5 heteroatoms. The van der Waals surface area contributed by atoms with E-state index in [4.69, 9.17) is 17.3 Å². The number of benzene rings is 1. The van der Waals surface area contributed by atoms with Gasteiger partial charge in [-0.05, 0) is 17.7 Å². The Hall–Kier alpha value is -1.81. The number of phenolic OH excluding ortho intramolecular Hbond substituents is 1. The SMILES string of the molecule is Nc1nnc(Cc2ccccc2O)cc1Cl. The standard InChI is InChI=1S/C11H10ClN3O/c12-9-6-8(14-15-11(9)13)5-7-3-1-2-4-10(7)16/h1-4,6,16H,5H2,(H2,13,15). The Morgan fingerprint density at radius 2 is 2.00 bits per heavy atom. The minimum Gasteiger partial charge on any atom is -0.508 e. The van der Waals surface area contributed by atoms with Gasteiger partial charge >= 0.3 is 0 Å². The van der Waals surface area contributed by atoms with E-state index in [1.807, 2.05) is 12.1 Å². The molecule has 0 aliphatic heterocycles. The van der Waals surface area contributed by atoms with Crippen LogP contribution >= 0.6 is 11.6 Å². The van der Waals surface area contributed by atoms with Crippen LogP contribution in [0.1, 0.15) is 11.3 Å². The summed E-state index contributed by atoms with van der Waals surface area (Å²) in [6.45, 7) is 0. The topological polar surface area (TPSA) is 72.0 Å². The molecular formula is C11H10ClN3O. The number of nitrogens with zero attached hydrogens (tertiary/aromatic N) is 2. The monoisotopic (exact) mass is 235 g/mol. The lowest BCUT2D eigenvalue weighted by atomic mass is 10.1. The molecule has 1 aromatic carbocycles. The predicted molar refractivity (Wildman–Crippen MR) is 62.4 cm³/mol. The fourth-order valence-corrected chi connectivity index (χ4v) is 1.52. The fraction of sp³-hybridized carbons (Fsp3) is 0.0909. The number of nitrogen functional groups attached to an aromatic ring is 1. The molecule has 4 nitrogen and oxygen atoms in total. The van der Waals surface area contributed by atoms with Gasteiger partial charge in [0.15, 0.2) is 5.82 Å². The summed E-state index contributed by atoms with van der Waals surface area (Å²) >= 11 is 5.83. The maximum atomic E-state index is 9.59. The Labute approximate surface area is 97.7 Å². The molecule has 0 amide bonds. The number of phenols is 1. The molecule has 3 N–H and O–H groups in total. The van der Waals surface area contributed by atoms with Crippen molar-refractivity contribution in [2.24, 2.45) is 0 Å². The summed E-state index contributed by atoms with van der Waals surface area (Å²) in [6, 6.07) is 8.71. The molecular weight excluding hydrogens is 226 g/mol. The number of aromatic nitrogens is 2. The van der Waals surface area contributed by atoms with Gasteiger partial charge in [0.2, 0.25) is 0 Å². The van der Waals surface area contributed by atoms with E-state index < -0.39 is 0 Å². The van der Waals surface area contributed by atoms with Crippen LogP contribution in [0.3, 0.4) is 0 Å². The Balaban J connectivity index is 2.28. The van der Waals surface area contributed by atoms with E-state index in [9.17, 15) is 5.11 Å². The van der Waals surface area contributed by atoms with Gasteiger partial charge in [0.25, 0.3) is 0 Å². The molecule has 0 atom stereocenters. The van der Waals surface area contributed by atoms with Crippen molar-refractivity contribution < 1.29 is 5.11 Å². The van der Waals surface area contributed by atoms with E-state index in [0.29, 0.717) is 17.1 Å². The highest BCUT2D eigenvalue weighted by molar-refractivity contribution is 6.32. The van der Waals surface area contributed by atoms with Gasteiger partial charge in [0.05, 0.1) is 10.7 Å². The summed E-state index contributed by atoms with van der Waals surface area (Å²) in [5.41, 5.74) is 6.90. The third kappa shape index (κ3) is 2.23. The Bertz CT molecular complexity index is 516. The molecule has 0 aliphatic rings. The Morgan fingerprint density at radius 1 is 1.25 bits per heavy atom. The minimum absolute atomic E-state index is 0.211. The summed E-state index contributed by atoms with van der Waals surface area (Å²) in [7, 11) is 0. The van der Waals surface area contributed by atoms with Gasteiger partial charge in [0, 0.05) is 6.42 Å². The zero-order valence-electron chi connectivity index (χ0n) is 8.39. The number of hydrogen-bond donors (Lipinski definition) is 2. The summed E-state index contributed by atoms with van der Waals surface area (Å²) in [5.74, 6) is 0.444. The van der Waals surface area contributed by atoms with E-state index >= 15 is 0 Å². The van der Waals surface area contributed by atoms with Crippen molar-refractivity contribution in [1.82, 2.24) is 10.2 Å². The first-order valence-corrected chi connectivity index (χ1v) is 5.09. The molecule has 16 heavy (non-hydrogen) atoms. The van der Waals surface area contributed by atoms with Crippen LogP contribution in [0, 0.1) is 0 Å². The smallest absolute Gasteiger partial charge is 0.164 e. The van der Waals surface area contributed by atoms with Gasteiger partial charge in [-0.2, -0.15) is 5.10 Å². The molecule has 2 rings (SSSR count). The predicted octanol–water partition coefficient (Wildman–Crippen LogP) is 2.01. The molecule has 1 aromatic heterocycles. The first kappa shape index (κ1) is 10.7. The first-order chi connectivity index (χ1) is 7.66. The van der Waals surface area contributed by atoms with Crippen molar-refractivity contribution in [1.29, 1.82) is 0 Å². The third-order valence-electron chi connectivity index (χ3n) is 2.19. The van der Waals surface area contributed by atoms with E-state index in [2.05, 4.69) is 10.2 Å². The van der Waals surface area contributed by atoms with Crippen LogP contribution in [0.4, 0.5) is 5.82 Å². The van der Waals surface area contributed by atoms with Crippen LogP contribution in [-0.2, 0) is 6.42 Å². The molecule has 1 heterocycles. The summed E-state index contributed by atoms with van der Waals surface area (Å²) < 4.78 is 0. The molecule has 0 saturated carbocycles. The van der Waals surface area contributed by atoms with Crippen molar-refractivity contribution in [2.45, 2.75) is 6.42 Å². The Kier molecular flexibility index (Phi) is 2.92. The molecule has 0 unspecified atom stereocenters. The number of anilines is 1. The number of rotatable bonds is 2. The zero-order chi connectivity index (χ0) is 11.5. The van der Waals surface area contributed by atoms with Crippen molar-refractivity contribution >= 4 is 17.4 Å². The molecule has 0 saturated heterocycles. The molecule has 0 fully saturated rings. The molecule has 82 valence electrons. The lowest BCUT2D eigenvalue weighted by Gasteiger charge is -2.04. The van der Waals surface area contributed by atoms with Gasteiger partial charge in [-0.25, -0.2) is 0 Å². The van der Waals surface area contributed by atoms with Gasteiger partial charge in [-0.15, -0.1) is 5.10 Å². The normalized spacial score (nSPS) is 10.3. The van der Waals surface area contributed by atoms with Crippen molar-refractivity contribution in [3.05, 3.63) is 46.6 Å². The van der Waals surface area contributed by atoms with Crippen molar-refractivity contribution in [3.8, 4) is 5.75 Å². The first-order valence-electron chi connectivity index (χ1n) is 4.71. The van der Waals surface area contributed by atoms with Crippen LogP contribution in [0.2, 0.25) is 5.02 Å². The highest BCUT2D eigenvalue weighted by Crippen LogP contribution is 2.21. The second-order valence-electron chi connectivity index (χ2n) is 3.37. The zero-order valence-corrected chi connectivity index (χ0v) is 9.15. The van der Waals surface area contributed by atoms with E-state index in [1.54, 1.807) is 18.2 Å². The number of nitrogens with two attached hydrogens (primary N) is 1. The average molecular weight is 236 g/mol. The van der Waals surface area contributed by atoms with Gasteiger partial charge in [-0.1, -0.05) is 29.8 Å².